The first-order valence-corrected chi connectivity index (χ1v) is 10.3. The zero-order chi connectivity index (χ0) is 18.7. The summed E-state index contributed by atoms with van der Waals surface area (Å²) in [5.41, 5.74) is 2.52. The van der Waals surface area contributed by atoms with Crippen molar-refractivity contribution in [1.82, 2.24) is 4.90 Å². The van der Waals surface area contributed by atoms with Crippen LogP contribution in [-0.4, -0.2) is 29.4 Å². The van der Waals surface area contributed by atoms with Gasteiger partial charge in [-0.25, -0.2) is 0 Å². The molecular weight excluding hydrogens is 340 g/mol. The Balaban J connectivity index is 1.78. The van der Waals surface area contributed by atoms with Crippen LogP contribution in [0.3, 0.4) is 0 Å². The summed E-state index contributed by atoms with van der Waals surface area (Å²) in [5.74, 6) is 5.80. The first-order valence-electron chi connectivity index (χ1n) is 9.44. The van der Waals surface area contributed by atoms with Gasteiger partial charge in [0.1, 0.15) is 0 Å². The molecule has 1 aromatic carbocycles. The number of nitrogens with one attached hydrogen (secondary N) is 1. The van der Waals surface area contributed by atoms with E-state index in [0.29, 0.717) is 12.3 Å². The van der Waals surface area contributed by atoms with Gasteiger partial charge in [-0.1, -0.05) is 12.8 Å². The van der Waals surface area contributed by atoms with Crippen LogP contribution >= 0.6 is 11.3 Å². The number of thiophene rings is 1. The van der Waals surface area contributed by atoms with E-state index in [4.69, 9.17) is 0 Å². The van der Waals surface area contributed by atoms with Gasteiger partial charge in [0, 0.05) is 22.3 Å². The van der Waals surface area contributed by atoms with Gasteiger partial charge in [0.2, 0.25) is 0 Å². The molecule has 26 heavy (non-hydrogen) atoms. The fourth-order valence-electron chi connectivity index (χ4n) is 3.64. The summed E-state index contributed by atoms with van der Waals surface area (Å²) in [6, 6.07) is 6.19. The molecule has 1 aliphatic rings. The van der Waals surface area contributed by atoms with Gasteiger partial charge < -0.3 is 5.32 Å². The number of piperidine rings is 1. The highest BCUT2D eigenvalue weighted by atomic mass is 32.1. The normalized spacial score (nSPS) is 16.3. The lowest BCUT2D eigenvalue weighted by atomic mass is 9.87. The highest BCUT2D eigenvalue weighted by molar-refractivity contribution is 7.17. The number of carbonyl (C=O) groups excluding carboxylic acids is 1. The number of likely N-dealkylation sites (tertiary alicyclic amines) is 1. The quantitative estimate of drug-likeness (QED) is 0.736. The number of hydrogen-bond acceptors (Lipinski definition) is 3. The van der Waals surface area contributed by atoms with Crippen molar-refractivity contribution in [3.05, 3.63) is 29.1 Å². The Hall–Kier alpha value is -1.83. The topological polar surface area (TPSA) is 32.3 Å². The highest BCUT2D eigenvalue weighted by Crippen LogP contribution is 2.38. The highest BCUT2D eigenvalue weighted by Gasteiger charge is 2.28. The van der Waals surface area contributed by atoms with Crippen LogP contribution < -0.4 is 5.32 Å². The molecule has 2 heterocycles. The number of carbonyl (C=O) groups is 1. The summed E-state index contributed by atoms with van der Waals surface area (Å²) >= 11 is 1.80. The van der Waals surface area contributed by atoms with Crippen molar-refractivity contribution >= 4 is 33.0 Å². The molecule has 0 atom stereocenters. The van der Waals surface area contributed by atoms with Crippen molar-refractivity contribution in [3.63, 3.8) is 0 Å². The van der Waals surface area contributed by atoms with Gasteiger partial charge in [0.15, 0.2) is 0 Å². The van der Waals surface area contributed by atoms with E-state index < -0.39 is 0 Å². The van der Waals surface area contributed by atoms with Crippen LogP contribution in [0.25, 0.3) is 10.1 Å². The zero-order valence-electron chi connectivity index (χ0n) is 16.2. The van der Waals surface area contributed by atoms with E-state index in [-0.39, 0.29) is 11.4 Å². The summed E-state index contributed by atoms with van der Waals surface area (Å²) in [6.07, 6.45) is 3.08. The van der Waals surface area contributed by atoms with E-state index in [1.165, 1.54) is 28.5 Å². The van der Waals surface area contributed by atoms with Crippen molar-refractivity contribution < 1.29 is 4.79 Å². The molecule has 1 amide bonds. The number of benzene rings is 1. The van der Waals surface area contributed by atoms with Crippen molar-refractivity contribution in [2.45, 2.75) is 58.4 Å². The molecule has 0 unspecified atom stereocenters. The number of anilines is 1. The third-order valence-corrected chi connectivity index (χ3v) is 6.11. The number of fused-ring (bicyclic) bond motifs is 1. The van der Waals surface area contributed by atoms with E-state index in [1.807, 2.05) is 13.0 Å². The molecule has 0 saturated carbocycles. The van der Waals surface area contributed by atoms with Crippen LogP contribution in [0.4, 0.5) is 5.69 Å². The van der Waals surface area contributed by atoms with Gasteiger partial charge >= 0.3 is 0 Å². The van der Waals surface area contributed by atoms with Crippen molar-refractivity contribution in [1.29, 1.82) is 0 Å². The molecule has 1 fully saturated rings. The van der Waals surface area contributed by atoms with E-state index in [0.717, 1.165) is 18.8 Å². The maximum atomic E-state index is 11.9. The average molecular weight is 369 g/mol. The number of amides is 1. The molecule has 1 aliphatic heterocycles. The smallest absolute Gasteiger partial charge is 0.300 e. The van der Waals surface area contributed by atoms with E-state index in [9.17, 15) is 4.79 Å². The lowest BCUT2D eigenvalue weighted by molar-refractivity contribution is -0.111. The molecule has 1 saturated heterocycles. The number of hydrogen-bond donors (Lipinski definition) is 1. The molecule has 3 rings (SSSR count). The summed E-state index contributed by atoms with van der Waals surface area (Å²) in [4.78, 5) is 14.5. The van der Waals surface area contributed by atoms with E-state index in [2.05, 4.69) is 60.3 Å². The SMILES string of the molecule is CCC#CC(=O)Nc1ccc2scc(C3CCN(C(C)(C)C)CC3)c2c1. The fraction of sp³-hybridized carbons (Fsp3) is 0.500. The standard InChI is InChI=1S/C22H28N2OS/c1-5-6-7-21(25)23-17-8-9-20-18(14-17)19(15-26-20)16-10-12-24(13-11-16)22(2,3)4/h8-9,14-16H,5,10-13H2,1-4H3,(H,23,25). The molecule has 4 heteroatoms. The predicted octanol–water partition coefficient (Wildman–Crippen LogP) is 5.23. The molecule has 3 nitrogen and oxygen atoms in total. The number of nitrogens with zero attached hydrogens (tertiary/aromatic N) is 1. The lowest BCUT2D eigenvalue weighted by Gasteiger charge is -2.41. The third-order valence-electron chi connectivity index (χ3n) is 5.12. The van der Waals surface area contributed by atoms with Crippen LogP contribution in [0.5, 0.6) is 0 Å². The Morgan fingerprint density at radius 2 is 2.04 bits per heavy atom. The zero-order valence-corrected chi connectivity index (χ0v) is 17.0. The Labute approximate surface area is 160 Å². The molecule has 1 N–H and O–H groups in total. The molecule has 0 radical (unpaired) electrons. The van der Waals surface area contributed by atoms with E-state index in [1.54, 1.807) is 11.3 Å². The maximum Gasteiger partial charge on any atom is 0.300 e. The molecule has 2 aromatic rings. The second-order valence-electron chi connectivity index (χ2n) is 7.94. The third kappa shape index (κ3) is 4.28. The summed E-state index contributed by atoms with van der Waals surface area (Å²) < 4.78 is 1.29. The maximum absolute atomic E-state index is 11.9. The minimum absolute atomic E-state index is 0.235. The fourth-order valence-corrected chi connectivity index (χ4v) is 4.66. The minimum Gasteiger partial charge on any atom is -0.315 e. The van der Waals surface area contributed by atoms with Crippen LogP contribution in [0.2, 0.25) is 0 Å². The van der Waals surface area contributed by atoms with Crippen molar-refractivity contribution in [2.24, 2.45) is 0 Å². The van der Waals surface area contributed by atoms with Crippen LogP contribution in [0.1, 0.15) is 58.4 Å². The molecule has 138 valence electrons. The van der Waals surface area contributed by atoms with Gasteiger partial charge in [-0.2, -0.15) is 0 Å². The number of rotatable bonds is 2. The summed E-state index contributed by atoms with van der Waals surface area (Å²) in [5, 5.41) is 6.49. The summed E-state index contributed by atoms with van der Waals surface area (Å²) in [6.45, 7) is 11.1. The molecule has 1 aromatic heterocycles. The second-order valence-corrected chi connectivity index (χ2v) is 8.85. The molecule has 0 aliphatic carbocycles. The minimum atomic E-state index is -0.235. The van der Waals surface area contributed by atoms with Crippen molar-refractivity contribution in [3.8, 4) is 11.8 Å². The van der Waals surface area contributed by atoms with Gasteiger partial charge in [-0.05, 0) is 93.1 Å². The monoisotopic (exact) mass is 368 g/mol. The Morgan fingerprint density at radius 1 is 1.31 bits per heavy atom. The first-order chi connectivity index (χ1) is 12.4. The van der Waals surface area contributed by atoms with Crippen molar-refractivity contribution in [2.75, 3.05) is 18.4 Å². The predicted molar refractivity (Wildman–Crippen MR) is 112 cm³/mol. The molecule has 0 spiro atoms. The van der Waals surface area contributed by atoms with Gasteiger partial charge in [0.25, 0.3) is 5.91 Å². The molecule has 0 bridgehead atoms. The Bertz CT molecular complexity index is 842. The Morgan fingerprint density at radius 3 is 2.69 bits per heavy atom. The Kier molecular flexibility index (Phi) is 5.70. The van der Waals surface area contributed by atoms with Gasteiger partial charge in [-0.15, -0.1) is 11.3 Å². The second kappa shape index (κ2) is 7.82. The largest absolute Gasteiger partial charge is 0.315 e. The van der Waals surface area contributed by atoms with Crippen LogP contribution in [-0.2, 0) is 4.79 Å². The van der Waals surface area contributed by atoms with Gasteiger partial charge in [0.05, 0.1) is 0 Å². The molecular formula is C22H28N2OS. The summed E-state index contributed by atoms with van der Waals surface area (Å²) in [7, 11) is 0. The van der Waals surface area contributed by atoms with Crippen LogP contribution in [0, 0.1) is 11.8 Å². The van der Waals surface area contributed by atoms with Gasteiger partial charge in [-0.3, -0.25) is 9.69 Å². The van der Waals surface area contributed by atoms with E-state index >= 15 is 0 Å². The lowest BCUT2D eigenvalue weighted by Crippen LogP contribution is -2.45. The first kappa shape index (κ1) is 18.9. The van der Waals surface area contributed by atoms with Crippen LogP contribution in [0.15, 0.2) is 23.6 Å². The average Bonchev–Trinajstić information content (AvgIpc) is 3.02.